The number of aromatic hydroxyl groups is 1. The van der Waals surface area contributed by atoms with Crippen LogP contribution in [0.5, 0.6) is 5.75 Å². The van der Waals surface area contributed by atoms with Crippen LogP contribution in [0.25, 0.3) is 6.08 Å². The third-order valence-corrected chi connectivity index (χ3v) is 3.01. The number of phenols is 1. The molecule has 0 radical (unpaired) electrons. The van der Waals surface area contributed by atoms with Crippen molar-refractivity contribution in [3.63, 3.8) is 0 Å². The van der Waals surface area contributed by atoms with Crippen LogP contribution >= 0.6 is 0 Å². The molecule has 0 spiro atoms. The number of rotatable bonds is 6. The Morgan fingerprint density at radius 3 is 2.82 bits per heavy atom. The maximum Gasteiger partial charge on any atom is 0.261 e. The van der Waals surface area contributed by atoms with Crippen molar-refractivity contribution in [2.45, 2.75) is 13.0 Å². The number of nitriles is 1. The predicted octanol–water partition coefficient (Wildman–Crippen LogP) is 1.70. The lowest BCUT2D eigenvalue weighted by molar-refractivity contribution is -0.117. The SMILES string of the molecule is N#C/C(=C\c1ccc(O)cc1)C(=O)NCCCn1ccnc1. The Labute approximate surface area is 128 Å². The van der Waals surface area contributed by atoms with E-state index in [1.165, 1.54) is 18.2 Å². The van der Waals surface area contributed by atoms with E-state index in [0.717, 1.165) is 13.0 Å². The average molecular weight is 296 g/mol. The highest BCUT2D eigenvalue weighted by Gasteiger charge is 2.08. The number of aromatic nitrogens is 2. The molecule has 1 heterocycles. The Morgan fingerprint density at radius 1 is 1.41 bits per heavy atom. The normalized spacial score (nSPS) is 11.0. The van der Waals surface area contributed by atoms with Crippen molar-refractivity contribution < 1.29 is 9.90 Å². The monoisotopic (exact) mass is 296 g/mol. The lowest BCUT2D eigenvalue weighted by Gasteiger charge is -2.05. The molecule has 0 aliphatic rings. The Hall–Kier alpha value is -3.07. The second kappa shape index (κ2) is 7.64. The summed E-state index contributed by atoms with van der Waals surface area (Å²) in [4.78, 5) is 15.9. The minimum atomic E-state index is -0.402. The highest BCUT2D eigenvalue weighted by Crippen LogP contribution is 2.12. The first-order chi connectivity index (χ1) is 10.7. The van der Waals surface area contributed by atoms with Gasteiger partial charge in [-0.15, -0.1) is 0 Å². The van der Waals surface area contributed by atoms with Crippen molar-refractivity contribution in [3.05, 3.63) is 54.1 Å². The summed E-state index contributed by atoms with van der Waals surface area (Å²) in [5.74, 6) is -0.263. The van der Waals surface area contributed by atoms with Gasteiger partial charge in [0.05, 0.1) is 6.33 Å². The summed E-state index contributed by atoms with van der Waals surface area (Å²) < 4.78 is 1.92. The number of carbonyl (C=O) groups excluding carboxylic acids is 1. The standard InChI is InChI=1S/C16H16N4O2/c17-11-14(10-13-2-4-15(21)5-3-13)16(22)19-6-1-8-20-9-7-18-12-20/h2-5,7,9-10,12,21H,1,6,8H2,(H,19,22)/b14-10+. The van der Waals surface area contributed by atoms with Gasteiger partial charge < -0.3 is 15.0 Å². The van der Waals surface area contributed by atoms with Gasteiger partial charge in [0.15, 0.2) is 0 Å². The number of carbonyl (C=O) groups is 1. The molecule has 2 rings (SSSR count). The van der Waals surface area contributed by atoms with Crippen molar-refractivity contribution in [1.82, 2.24) is 14.9 Å². The first-order valence-electron chi connectivity index (χ1n) is 6.84. The summed E-state index contributed by atoms with van der Waals surface area (Å²) in [7, 11) is 0. The first-order valence-corrected chi connectivity index (χ1v) is 6.84. The molecule has 1 amide bonds. The van der Waals surface area contributed by atoms with Gasteiger partial charge in [-0.25, -0.2) is 4.98 Å². The minimum Gasteiger partial charge on any atom is -0.508 e. The number of hydrogen-bond acceptors (Lipinski definition) is 4. The molecule has 0 bridgehead atoms. The molecule has 112 valence electrons. The number of benzene rings is 1. The van der Waals surface area contributed by atoms with Crippen molar-refractivity contribution in [2.75, 3.05) is 6.54 Å². The van der Waals surface area contributed by atoms with Crippen molar-refractivity contribution >= 4 is 12.0 Å². The zero-order valence-electron chi connectivity index (χ0n) is 11.9. The molecule has 0 atom stereocenters. The van der Waals surface area contributed by atoms with Crippen LogP contribution in [0.15, 0.2) is 48.6 Å². The molecule has 0 aliphatic heterocycles. The van der Waals surface area contributed by atoms with Gasteiger partial charge >= 0.3 is 0 Å². The number of aryl methyl sites for hydroxylation is 1. The summed E-state index contributed by atoms with van der Waals surface area (Å²) in [5.41, 5.74) is 0.719. The largest absolute Gasteiger partial charge is 0.508 e. The number of nitrogens with one attached hydrogen (secondary N) is 1. The molecule has 0 saturated carbocycles. The topological polar surface area (TPSA) is 90.9 Å². The predicted molar refractivity (Wildman–Crippen MR) is 81.6 cm³/mol. The van der Waals surface area contributed by atoms with Gasteiger partial charge in [0.25, 0.3) is 5.91 Å². The smallest absolute Gasteiger partial charge is 0.261 e. The molecule has 0 aliphatic carbocycles. The van der Waals surface area contributed by atoms with Crippen LogP contribution in [0.3, 0.4) is 0 Å². The van der Waals surface area contributed by atoms with Crippen LogP contribution in [0.4, 0.5) is 0 Å². The Bertz CT molecular complexity index is 682. The molecule has 0 unspecified atom stereocenters. The fourth-order valence-electron chi connectivity index (χ4n) is 1.86. The van der Waals surface area contributed by atoms with Crippen LogP contribution in [-0.4, -0.2) is 27.1 Å². The first kappa shape index (κ1) is 15.3. The second-order valence-corrected chi connectivity index (χ2v) is 4.67. The number of amides is 1. The van der Waals surface area contributed by atoms with E-state index in [0.29, 0.717) is 12.1 Å². The maximum absolute atomic E-state index is 11.9. The van der Waals surface area contributed by atoms with E-state index in [4.69, 9.17) is 5.26 Å². The fourth-order valence-corrected chi connectivity index (χ4v) is 1.86. The van der Waals surface area contributed by atoms with Gasteiger partial charge in [-0.1, -0.05) is 12.1 Å². The average Bonchev–Trinajstić information content (AvgIpc) is 3.04. The summed E-state index contributed by atoms with van der Waals surface area (Å²) in [6.07, 6.45) is 7.51. The van der Waals surface area contributed by atoms with Crippen LogP contribution in [0.2, 0.25) is 0 Å². The van der Waals surface area contributed by atoms with Gasteiger partial charge in [-0.2, -0.15) is 5.26 Å². The molecule has 0 fully saturated rings. The lowest BCUT2D eigenvalue weighted by atomic mass is 10.1. The van der Waals surface area contributed by atoms with Crippen LogP contribution in [0.1, 0.15) is 12.0 Å². The molecular formula is C16H16N4O2. The lowest BCUT2D eigenvalue weighted by Crippen LogP contribution is -2.26. The molecule has 1 aromatic carbocycles. The van der Waals surface area contributed by atoms with E-state index in [-0.39, 0.29) is 11.3 Å². The molecule has 0 saturated heterocycles. The number of imidazole rings is 1. The summed E-state index contributed by atoms with van der Waals surface area (Å²) in [6.45, 7) is 1.23. The van der Waals surface area contributed by atoms with E-state index in [1.54, 1.807) is 24.7 Å². The van der Waals surface area contributed by atoms with Gasteiger partial charge in [-0.3, -0.25) is 4.79 Å². The van der Waals surface area contributed by atoms with Crippen molar-refractivity contribution in [1.29, 1.82) is 5.26 Å². The van der Waals surface area contributed by atoms with Crippen molar-refractivity contribution in [2.24, 2.45) is 0 Å². The highest BCUT2D eigenvalue weighted by atomic mass is 16.3. The van der Waals surface area contributed by atoms with E-state index in [9.17, 15) is 9.90 Å². The van der Waals surface area contributed by atoms with Gasteiger partial charge in [0.1, 0.15) is 17.4 Å². The molecular weight excluding hydrogens is 280 g/mol. The number of hydrogen-bond donors (Lipinski definition) is 2. The van der Waals surface area contributed by atoms with Crippen molar-refractivity contribution in [3.8, 4) is 11.8 Å². The van der Waals surface area contributed by atoms with Crippen LogP contribution in [0, 0.1) is 11.3 Å². The molecule has 2 N–H and O–H groups in total. The highest BCUT2D eigenvalue weighted by molar-refractivity contribution is 6.01. The Kier molecular flexibility index (Phi) is 5.32. The maximum atomic E-state index is 11.9. The molecule has 22 heavy (non-hydrogen) atoms. The summed E-state index contributed by atoms with van der Waals surface area (Å²) in [6, 6.07) is 8.17. The summed E-state index contributed by atoms with van der Waals surface area (Å²) in [5, 5.41) is 21.0. The van der Waals surface area contributed by atoms with Gasteiger partial charge in [0, 0.05) is 25.5 Å². The second-order valence-electron chi connectivity index (χ2n) is 4.67. The Morgan fingerprint density at radius 2 is 2.18 bits per heavy atom. The minimum absolute atomic E-state index is 0.0355. The van der Waals surface area contributed by atoms with Crippen LogP contribution < -0.4 is 5.32 Å². The van der Waals surface area contributed by atoms with E-state index in [2.05, 4.69) is 10.3 Å². The zero-order valence-corrected chi connectivity index (χ0v) is 11.9. The quantitative estimate of drug-likeness (QED) is 0.482. The molecule has 1 aromatic heterocycles. The molecule has 6 nitrogen and oxygen atoms in total. The molecule has 2 aromatic rings. The molecule has 6 heteroatoms. The third kappa shape index (κ3) is 4.49. The number of phenolic OH excluding ortho intramolecular Hbond substituents is 1. The zero-order chi connectivity index (χ0) is 15.8. The van der Waals surface area contributed by atoms with Gasteiger partial charge in [-0.05, 0) is 30.2 Å². The Balaban J connectivity index is 1.86. The summed E-state index contributed by atoms with van der Waals surface area (Å²) >= 11 is 0. The van der Waals surface area contributed by atoms with E-state index >= 15 is 0 Å². The van der Waals surface area contributed by atoms with E-state index < -0.39 is 5.91 Å². The van der Waals surface area contributed by atoms with E-state index in [1.807, 2.05) is 16.8 Å². The van der Waals surface area contributed by atoms with Gasteiger partial charge in [0.2, 0.25) is 0 Å². The third-order valence-electron chi connectivity index (χ3n) is 3.01. The van der Waals surface area contributed by atoms with Crippen LogP contribution in [-0.2, 0) is 11.3 Å². The fraction of sp³-hybridized carbons (Fsp3) is 0.188. The number of nitrogens with zero attached hydrogens (tertiary/aromatic N) is 3.